The van der Waals surface area contributed by atoms with Crippen molar-refractivity contribution in [2.45, 2.75) is 12.5 Å². The number of ether oxygens (including phenoxy) is 1. The second kappa shape index (κ2) is 7.87. The third-order valence-corrected chi connectivity index (χ3v) is 5.18. The fraction of sp³-hybridized carbons (Fsp3) is 0.130. The van der Waals surface area contributed by atoms with Crippen LogP contribution >= 0.6 is 11.6 Å². The summed E-state index contributed by atoms with van der Waals surface area (Å²) in [5.74, 6) is 0.0344. The zero-order chi connectivity index (χ0) is 19.5. The average molecular weight is 392 g/mol. The number of carbonyl (C=O) groups is 2. The van der Waals surface area contributed by atoms with Crippen LogP contribution in [0.3, 0.4) is 0 Å². The van der Waals surface area contributed by atoms with E-state index < -0.39 is 11.3 Å². The molecule has 1 N–H and O–H groups in total. The predicted octanol–water partition coefficient (Wildman–Crippen LogP) is 5.10. The van der Waals surface area contributed by atoms with E-state index in [4.69, 9.17) is 16.3 Å². The first-order chi connectivity index (χ1) is 13.6. The number of halogens is 1. The highest BCUT2D eigenvalue weighted by molar-refractivity contribution is 6.67. The van der Waals surface area contributed by atoms with Crippen LogP contribution in [0.5, 0.6) is 0 Å². The van der Waals surface area contributed by atoms with Gasteiger partial charge in [0.15, 0.2) is 0 Å². The van der Waals surface area contributed by atoms with Crippen LogP contribution in [0.4, 0.5) is 4.79 Å². The number of nitrogens with one attached hydrogen (secondary N) is 1. The van der Waals surface area contributed by atoms with Crippen LogP contribution in [0.15, 0.2) is 72.8 Å². The molecule has 1 aliphatic rings. The van der Waals surface area contributed by atoms with E-state index in [2.05, 4.69) is 29.6 Å². The van der Waals surface area contributed by atoms with Crippen LogP contribution < -0.4 is 5.32 Å². The van der Waals surface area contributed by atoms with E-state index in [1.165, 1.54) is 22.3 Å². The molecule has 0 bridgehead atoms. The normalized spacial score (nSPS) is 12.2. The second-order valence-corrected chi connectivity index (χ2v) is 6.99. The Kier molecular flexibility index (Phi) is 5.13. The maximum Gasteiger partial charge on any atom is 0.407 e. The molecule has 5 heteroatoms. The quantitative estimate of drug-likeness (QED) is 0.615. The number of hydrogen-bond acceptors (Lipinski definition) is 3. The molecule has 3 aromatic rings. The van der Waals surface area contributed by atoms with Gasteiger partial charge < -0.3 is 10.1 Å². The zero-order valence-corrected chi connectivity index (χ0v) is 15.8. The third-order valence-electron chi connectivity index (χ3n) is 4.96. The van der Waals surface area contributed by atoms with E-state index in [0.29, 0.717) is 12.1 Å². The molecule has 0 atom stereocenters. The number of alkyl carbamates (subject to hydrolysis) is 1. The number of carbonyl (C=O) groups excluding carboxylic acids is 2. The molecule has 0 saturated carbocycles. The number of rotatable bonds is 5. The highest BCUT2D eigenvalue weighted by Gasteiger charge is 2.28. The number of amides is 1. The van der Waals surface area contributed by atoms with Crippen LogP contribution in [0.25, 0.3) is 11.1 Å². The summed E-state index contributed by atoms with van der Waals surface area (Å²) in [4.78, 5) is 23.2. The highest BCUT2D eigenvalue weighted by Crippen LogP contribution is 2.44. The van der Waals surface area contributed by atoms with Gasteiger partial charge in [-0.2, -0.15) is 0 Å². The van der Waals surface area contributed by atoms with Gasteiger partial charge in [0, 0.05) is 18.0 Å². The van der Waals surface area contributed by atoms with Crippen molar-refractivity contribution in [2.75, 3.05) is 6.61 Å². The molecule has 4 nitrogen and oxygen atoms in total. The summed E-state index contributed by atoms with van der Waals surface area (Å²) in [7, 11) is 0. The topological polar surface area (TPSA) is 55.4 Å². The summed E-state index contributed by atoms with van der Waals surface area (Å²) < 4.78 is 5.50. The van der Waals surface area contributed by atoms with E-state index in [1.54, 1.807) is 24.3 Å². The van der Waals surface area contributed by atoms with Gasteiger partial charge in [-0.1, -0.05) is 60.7 Å². The first-order valence-corrected chi connectivity index (χ1v) is 9.39. The van der Waals surface area contributed by atoms with Gasteiger partial charge in [0.25, 0.3) is 5.24 Å². The SMILES string of the molecule is O=C(NCc1ccc(C(=O)Cl)cc1)OCC1c2ccccc2-c2ccccc21. The zero-order valence-electron chi connectivity index (χ0n) is 15.0. The number of benzene rings is 3. The fourth-order valence-corrected chi connectivity index (χ4v) is 3.70. The molecule has 0 heterocycles. The molecule has 1 amide bonds. The first-order valence-electron chi connectivity index (χ1n) is 9.01. The van der Waals surface area contributed by atoms with E-state index >= 15 is 0 Å². The van der Waals surface area contributed by atoms with Gasteiger partial charge in [-0.25, -0.2) is 4.79 Å². The Labute approximate surface area is 168 Å². The molecule has 140 valence electrons. The molecular formula is C23H18ClNO3. The second-order valence-electron chi connectivity index (χ2n) is 6.65. The first kappa shape index (κ1) is 18.3. The highest BCUT2D eigenvalue weighted by atomic mass is 35.5. The van der Waals surface area contributed by atoms with Crippen LogP contribution in [0.1, 0.15) is 33.0 Å². The molecule has 28 heavy (non-hydrogen) atoms. The van der Waals surface area contributed by atoms with Crippen molar-refractivity contribution in [2.24, 2.45) is 0 Å². The molecule has 3 aromatic carbocycles. The van der Waals surface area contributed by atoms with Gasteiger partial charge in [-0.15, -0.1) is 0 Å². The molecular weight excluding hydrogens is 374 g/mol. The van der Waals surface area contributed by atoms with Crippen molar-refractivity contribution in [3.63, 3.8) is 0 Å². The molecule has 0 aromatic heterocycles. The summed E-state index contributed by atoms with van der Waals surface area (Å²) in [5.41, 5.74) is 6.03. The molecule has 1 aliphatic carbocycles. The molecule has 0 aliphatic heterocycles. The lowest BCUT2D eigenvalue weighted by Gasteiger charge is -2.14. The minimum atomic E-state index is -0.504. The number of fused-ring (bicyclic) bond motifs is 3. The Bertz CT molecular complexity index is 985. The van der Waals surface area contributed by atoms with Gasteiger partial charge in [0.2, 0.25) is 0 Å². The van der Waals surface area contributed by atoms with Gasteiger partial charge in [0.1, 0.15) is 6.61 Å². The van der Waals surface area contributed by atoms with E-state index in [1.807, 2.05) is 24.3 Å². The summed E-state index contributed by atoms with van der Waals surface area (Å²) in [6, 6.07) is 23.2. The van der Waals surface area contributed by atoms with Crippen molar-refractivity contribution in [3.05, 3.63) is 95.1 Å². The Morgan fingerprint density at radius 2 is 1.43 bits per heavy atom. The van der Waals surface area contributed by atoms with E-state index in [0.717, 1.165) is 5.56 Å². The minimum absolute atomic E-state index is 0.0344. The Morgan fingerprint density at radius 3 is 2.00 bits per heavy atom. The van der Waals surface area contributed by atoms with Gasteiger partial charge in [-0.05, 0) is 51.6 Å². The summed E-state index contributed by atoms with van der Waals surface area (Å²) >= 11 is 5.43. The lowest BCUT2D eigenvalue weighted by molar-refractivity contribution is 0.108. The summed E-state index contributed by atoms with van der Waals surface area (Å²) in [5, 5.41) is 2.24. The lowest BCUT2D eigenvalue weighted by atomic mass is 9.98. The molecule has 0 radical (unpaired) electrons. The average Bonchev–Trinajstić information content (AvgIpc) is 3.05. The molecule has 0 fully saturated rings. The Balaban J connectivity index is 1.38. The van der Waals surface area contributed by atoms with Gasteiger partial charge >= 0.3 is 6.09 Å². The van der Waals surface area contributed by atoms with Crippen molar-refractivity contribution >= 4 is 22.9 Å². The van der Waals surface area contributed by atoms with Gasteiger partial charge in [0.05, 0.1) is 0 Å². The standard InChI is InChI=1S/C23H18ClNO3/c24-22(26)16-11-9-15(10-12-16)13-25-23(27)28-14-21-19-7-3-1-5-17(19)18-6-2-4-8-20(18)21/h1-12,21H,13-14H2,(H,25,27). The van der Waals surface area contributed by atoms with Crippen molar-refractivity contribution in [1.29, 1.82) is 0 Å². The monoisotopic (exact) mass is 391 g/mol. The van der Waals surface area contributed by atoms with Crippen LogP contribution in [0, 0.1) is 0 Å². The summed E-state index contributed by atoms with van der Waals surface area (Å²) in [6.07, 6.45) is -0.473. The maximum absolute atomic E-state index is 12.2. The molecule has 4 rings (SSSR count). The third kappa shape index (κ3) is 3.64. The molecule has 0 saturated heterocycles. The van der Waals surface area contributed by atoms with Crippen LogP contribution in [-0.2, 0) is 11.3 Å². The predicted molar refractivity (Wildman–Crippen MR) is 109 cm³/mol. The largest absolute Gasteiger partial charge is 0.449 e. The Morgan fingerprint density at radius 1 is 0.857 bits per heavy atom. The van der Waals surface area contributed by atoms with Crippen molar-refractivity contribution in [3.8, 4) is 11.1 Å². The minimum Gasteiger partial charge on any atom is -0.449 e. The Hall–Kier alpha value is -3.11. The summed E-state index contributed by atoms with van der Waals surface area (Å²) in [6.45, 7) is 0.590. The van der Waals surface area contributed by atoms with E-state index in [-0.39, 0.29) is 12.5 Å². The molecule has 0 spiro atoms. The molecule has 0 unspecified atom stereocenters. The van der Waals surface area contributed by atoms with E-state index in [9.17, 15) is 9.59 Å². The smallest absolute Gasteiger partial charge is 0.407 e. The van der Waals surface area contributed by atoms with Crippen LogP contribution in [0.2, 0.25) is 0 Å². The van der Waals surface area contributed by atoms with Gasteiger partial charge in [-0.3, -0.25) is 4.79 Å². The lowest BCUT2D eigenvalue weighted by Crippen LogP contribution is -2.25. The van der Waals surface area contributed by atoms with Crippen molar-refractivity contribution in [1.82, 2.24) is 5.32 Å². The maximum atomic E-state index is 12.2. The fourth-order valence-electron chi connectivity index (χ4n) is 3.58. The van der Waals surface area contributed by atoms with Crippen LogP contribution in [-0.4, -0.2) is 17.9 Å². The number of hydrogen-bond donors (Lipinski definition) is 1. The van der Waals surface area contributed by atoms with Crippen molar-refractivity contribution < 1.29 is 14.3 Å².